The largest absolute Gasteiger partial charge is 0.367 e. The number of imidazole rings is 1. The first-order chi connectivity index (χ1) is 6.74. The van der Waals surface area contributed by atoms with Crippen LogP contribution in [0.5, 0.6) is 0 Å². The second-order valence-corrected chi connectivity index (χ2v) is 3.78. The molecular formula is C9H11BrN4. The van der Waals surface area contributed by atoms with Crippen molar-refractivity contribution in [3.63, 3.8) is 0 Å². The van der Waals surface area contributed by atoms with Crippen LogP contribution in [-0.4, -0.2) is 14.5 Å². The molecule has 0 aliphatic rings. The van der Waals surface area contributed by atoms with Crippen LogP contribution in [0.15, 0.2) is 23.1 Å². The van der Waals surface area contributed by atoms with Gasteiger partial charge in [0.15, 0.2) is 0 Å². The first-order valence-electron chi connectivity index (χ1n) is 4.28. The fourth-order valence-electron chi connectivity index (χ4n) is 1.36. The van der Waals surface area contributed by atoms with Gasteiger partial charge in [0, 0.05) is 25.0 Å². The van der Waals surface area contributed by atoms with Crippen molar-refractivity contribution in [2.75, 3.05) is 0 Å². The zero-order valence-electron chi connectivity index (χ0n) is 7.79. The molecule has 2 aromatic rings. The maximum Gasteiger partial charge on any atom is 0.123 e. The molecule has 0 bridgehead atoms. The first kappa shape index (κ1) is 9.48. The summed E-state index contributed by atoms with van der Waals surface area (Å²) in [6.07, 6.45) is 3.78. The number of aromatic nitrogens is 3. The highest BCUT2D eigenvalue weighted by atomic mass is 79.9. The van der Waals surface area contributed by atoms with Gasteiger partial charge in [-0.25, -0.2) is 4.98 Å². The van der Waals surface area contributed by atoms with Crippen LogP contribution in [0, 0.1) is 0 Å². The molecular weight excluding hydrogens is 244 g/mol. The molecule has 3 N–H and O–H groups in total. The van der Waals surface area contributed by atoms with Crippen molar-refractivity contribution in [2.45, 2.75) is 6.54 Å². The molecule has 0 unspecified atom stereocenters. The van der Waals surface area contributed by atoms with Crippen molar-refractivity contribution in [3.05, 3.63) is 28.9 Å². The van der Waals surface area contributed by atoms with Gasteiger partial charge < -0.3 is 15.3 Å². The van der Waals surface area contributed by atoms with Crippen LogP contribution < -0.4 is 5.73 Å². The summed E-state index contributed by atoms with van der Waals surface area (Å²) in [5.41, 5.74) is 7.56. The monoisotopic (exact) mass is 254 g/mol. The molecule has 0 amide bonds. The molecule has 0 radical (unpaired) electrons. The van der Waals surface area contributed by atoms with Gasteiger partial charge in [0.1, 0.15) is 16.1 Å². The number of hydrogen-bond donors (Lipinski definition) is 2. The Labute approximate surface area is 90.3 Å². The average Bonchev–Trinajstić information content (AvgIpc) is 2.78. The minimum absolute atomic E-state index is 0.444. The summed E-state index contributed by atoms with van der Waals surface area (Å²) in [5.74, 6) is 0.869. The average molecular weight is 255 g/mol. The maximum atomic E-state index is 5.57. The quantitative estimate of drug-likeness (QED) is 0.856. The molecule has 4 nitrogen and oxygen atoms in total. The zero-order valence-corrected chi connectivity index (χ0v) is 9.37. The molecule has 0 fully saturated rings. The van der Waals surface area contributed by atoms with Crippen LogP contribution in [0.2, 0.25) is 0 Å². The highest BCUT2D eigenvalue weighted by molar-refractivity contribution is 9.10. The lowest BCUT2D eigenvalue weighted by atomic mass is 10.3. The predicted molar refractivity (Wildman–Crippen MR) is 58.6 cm³/mol. The molecule has 74 valence electrons. The lowest BCUT2D eigenvalue weighted by Gasteiger charge is -1.97. The van der Waals surface area contributed by atoms with Gasteiger partial charge in [-0.1, -0.05) is 0 Å². The molecule has 0 saturated carbocycles. The molecule has 2 heterocycles. The Hall–Kier alpha value is -1.07. The van der Waals surface area contributed by atoms with E-state index in [-0.39, 0.29) is 0 Å². The zero-order chi connectivity index (χ0) is 10.1. The summed E-state index contributed by atoms with van der Waals surface area (Å²) < 4.78 is 2.90. The minimum Gasteiger partial charge on any atom is -0.367 e. The van der Waals surface area contributed by atoms with Crippen molar-refractivity contribution < 1.29 is 0 Å². The summed E-state index contributed by atoms with van der Waals surface area (Å²) in [4.78, 5) is 7.44. The van der Waals surface area contributed by atoms with Crippen molar-refractivity contribution in [2.24, 2.45) is 12.8 Å². The Morgan fingerprint density at radius 3 is 2.93 bits per heavy atom. The number of aromatic amines is 1. The lowest BCUT2D eigenvalue weighted by Crippen LogP contribution is -2.04. The Morgan fingerprint density at radius 2 is 2.43 bits per heavy atom. The molecule has 0 aromatic carbocycles. The first-order valence-corrected chi connectivity index (χ1v) is 5.07. The van der Waals surface area contributed by atoms with Crippen LogP contribution in [0.3, 0.4) is 0 Å². The number of rotatable bonds is 2. The van der Waals surface area contributed by atoms with Crippen LogP contribution in [0.25, 0.3) is 11.3 Å². The van der Waals surface area contributed by atoms with Crippen LogP contribution in [0.1, 0.15) is 5.82 Å². The van der Waals surface area contributed by atoms with Crippen molar-refractivity contribution in [1.29, 1.82) is 0 Å². The van der Waals surface area contributed by atoms with Crippen molar-refractivity contribution in [1.82, 2.24) is 14.5 Å². The van der Waals surface area contributed by atoms with E-state index in [9.17, 15) is 0 Å². The number of nitrogens with one attached hydrogen (secondary N) is 1. The SMILES string of the molecule is Cn1c(CN)nc(-c2cc[nH]c2)c1Br. The molecule has 0 atom stereocenters. The number of halogens is 1. The van der Waals surface area contributed by atoms with Gasteiger partial charge >= 0.3 is 0 Å². The molecule has 0 aliphatic heterocycles. The number of nitrogens with two attached hydrogens (primary N) is 1. The molecule has 5 heteroatoms. The second-order valence-electron chi connectivity index (χ2n) is 3.03. The van der Waals surface area contributed by atoms with E-state index in [1.165, 1.54) is 0 Å². The van der Waals surface area contributed by atoms with E-state index in [2.05, 4.69) is 25.9 Å². The molecule has 0 saturated heterocycles. The van der Waals surface area contributed by atoms with E-state index in [0.29, 0.717) is 6.54 Å². The topological polar surface area (TPSA) is 59.6 Å². The van der Waals surface area contributed by atoms with Gasteiger partial charge in [0.2, 0.25) is 0 Å². The standard InChI is InChI=1S/C9H11BrN4/c1-14-7(4-11)13-8(9(14)10)6-2-3-12-5-6/h2-3,5,12H,4,11H2,1H3. The molecule has 0 spiro atoms. The van der Waals surface area contributed by atoms with Gasteiger partial charge in [-0.05, 0) is 22.0 Å². The van der Waals surface area contributed by atoms with E-state index in [0.717, 1.165) is 21.7 Å². The predicted octanol–water partition coefficient (Wildman–Crippen LogP) is 1.64. The fourth-order valence-corrected chi connectivity index (χ4v) is 1.88. The van der Waals surface area contributed by atoms with Crippen LogP contribution >= 0.6 is 15.9 Å². The van der Waals surface area contributed by atoms with Crippen molar-refractivity contribution in [3.8, 4) is 11.3 Å². The number of hydrogen-bond acceptors (Lipinski definition) is 2. The summed E-state index contributed by atoms with van der Waals surface area (Å²) >= 11 is 3.49. The third kappa shape index (κ3) is 1.38. The van der Waals surface area contributed by atoms with Gasteiger partial charge in [0.05, 0.1) is 6.54 Å². The smallest absolute Gasteiger partial charge is 0.123 e. The van der Waals surface area contributed by atoms with E-state index in [1.807, 2.05) is 30.1 Å². The van der Waals surface area contributed by atoms with E-state index < -0.39 is 0 Å². The van der Waals surface area contributed by atoms with Crippen molar-refractivity contribution >= 4 is 15.9 Å². The Kier molecular flexibility index (Phi) is 2.43. The third-order valence-corrected chi connectivity index (χ3v) is 3.08. The highest BCUT2D eigenvalue weighted by Crippen LogP contribution is 2.27. The van der Waals surface area contributed by atoms with Gasteiger partial charge in [-0.2, -0.15) is 0 Å². The van der Waals surface area contributed by atoms with E-state index in [1.54, 1.807) is 0 Å². The summed E-state index contributed by atoms with van der Waals surface area (Å²) in [7, 11) is 1.94. The highest BCUT2D eigenvalue weighted by Gasteiger charge is 2.12. The molecule has 2 aromatic heterocycles. The number of nitrogens with zero attached hydrogens (tertiary/aromatic N) is 2. The second kappa shape index (κ2) is 3.59. The minimum atomic E-state index is 0.444. The van der Waals surface area contributed by atoms with Crippen LogP contribution in [0.4, 0.5) is 0 Å². The van der Waals surface area contributed by atoms with Gasteiger partial charge in [-0.3, -0.25) is 0 Å². The van der Waals surface area contributed by atoms with E-state index >= 15 is 0 Å². The lowest BCUT2D eigenvalue weighted by molar-refractivity contribution is 0.781. The normalized spacial score (nSPS) is 10.8. The maximum absolute atomic E-state index is 5.57. The van der Waals surface area contributed by atoms with Crippen LogP contribution in [-0.2, 0) is 13.6 Å². The summed E-state index contributed by atoms with van der Waals surface area (Å²) in [6, 6.07) is 1.98. The molecule has 0 aliphatic carbocycles. The van der Waals surface area contributed by atoms with E-state index in [4.69, 9.17) is 5.73 Å². The third-order valence-electron chi connectivity index (χ3n) is 2.17. The molecule has 14 heavy (non-hydrogen) atoms. The Balaban J connectivity index is 2.55. The Bertz CT molecular complexity index is 430. The van der Waals surface area contributed by atoms with Gasteiger partial charge in [0.25, 0.3) is 0 Å². The summed E-state index contributed by atoms with van der Waals surface area (Å²) in [5, 5.41) is 0. The fraction of sp³-hybridized carbons (Fsp3) is 0.222. The Morgan fingerprint density at radius 1 is 1.64 bits per heavy atom. The molecule has 2 rings (SSSR count). The number of H-pyrrole nitrogens is 1. The summed E-state index contributed by atoms with van der Waals surface area (Å²) in [6.45, 7) is 0.444. The van der Waals surface area contributed by atoms with Gasteiger partial charge in [-0.15, -0.1) is 0 Å².